The molecule has 2 heteroatoms. The SMILES string of the molecule is C=CC[N+]1(CC=C)CCC(Cc2ccc(Cl)cc2)CC1. The minimum absolute atomic E-state index is 0.803. The number of rotatable bonds is 6. The standard InChI is InChI=1S/C18H25ClN/c1-3-11-20(12-4-2)13-9-17(10-14-20)15-16-5-7-18(19)8-6-16/h3-8,17H,1-2,9-15H2/q+1. The quantitative estimate of drug-likeness (QED) is 0.535. The summed E-state index contributed by atoms with van der Waals surface area (Å²) in [5, 5.41) is 0.824. The molecule has 0 atom stereocenters. The Kier molecular flexibility index (Phi) is 5.45. The lowest BCUT2D eigenvalue weighted by Gasteiger charge is -2.42. The Morgan fingerprint density at radius 2 is 1.60 bits per heavy atom. The smallest absolute Gasteiger partial charge is 0.0973 e. The van der Waals surface area contributed by atoms with Crippen LogP contribution in [0.1, 0.15) is 18.4 Å². The average molecular weight is 291 g/mol. The van der Waals surface area contributed by atoms with Crippen molar-refractivity contribution >= 4 is 11.6 Å². The molecule has 1 saturated heterocycles. The van der Waals surface area contributed by atoms with Gasteiger partial charge in [-0.3, -0.25) is 0 Å². The Hall–Kier alpha value is -1.05. The van der Waals surface area contributed by atoms with E-state index in [9.17, 15) is 0 Å². The maximum atomic E-state index is 5.94. The first-order chi connectivity index (χ1) is 9.67. The second-order valence-electron chi connectivity index (χ2n) is 6.01. The Balaban J connectivity index is 1.91. The Labute approximate surface area is 128 Å². The number of nitrogens with zero attached hydrogens (tertiary/aromatic N) is 1. The van der Waals surface area contributed by atoms with Gasteiger partial charge in [-0.25, -0.2) is 0 Å². The van der Waals surface area contributed by atoms with E-state index in [-0.39, 0.29) is 0 Å². The van der Waals surface area contributed by atoms with E-state index in [1.165, 1.54) is 37.9 Å². The molecule has 1 aliphatic rings. The van der Waals surface area contributed by atoms with Gasteiger partial charge in [-0.1, -0.05) is 36.9 Å². The number of halogens is 1. The molecule has 0 aromatic heterocycles. The summed E-state index contributed by atoms with van der Waals surface area (Å²) in [7, 11) is 0. The second-order valence-corrected chi connectivity index (χ2v) is 6.44. The van der Waals surface area contributed by atoms with Crippen molar-refractivity contribution in [2.45, 2.75) is 19.3 Å². The van der Waals surface area contributed by atoms with Gasteiger partial charge in [-0.05, 0) is 55.0 Å². The Bertz CT molecular complexity index is 429. The van der Waals surface area contributed by atoms with E-state index < -0.39 is 0 Å². The highest BCUT2D eigenvalue weighted by atomic mass is 35.5. The molecule has 1 aromatic carbocycles. The summed E-state index contributed by atoms with van der Waals surface area (Å²) in [6.45, 7) is 12.5. The van der Waals surface area contributed by atoms with Gasteiger partial charge in [-0.2, -0.15) is 0 Å². The highest BCUT2D eigenvalue weighted by Crippen LogP contribution is 2.27. The van der Waals surface area contributed by atoms with Crippen LogP contribution in [0.2, 0.25) is 5.02 Å². The van der Waals surface area contributed by atoms with E-state index in [0.717, 1.165) is 28.5 Å². The van der Waals surface area contributed by atoms with Crippen LogP contribution in [0.5, 0.6) is 0 Å². The van der Waals surface area contributed by atoms with Gasteiger partial charge in [0.15, 0.2) is 0 Å². The Morgan fingerprint density at radius 1 is 1.05 bits per heavy atom. The van der Waals surface area contributed by atoms with Crippen molar-refractivity contribution in [2.75, 3.05) is 26.2 Å². The largest absolute Gasteiger partial charge is 0.317 e. The highest BCUT2D eigenvalue weighted by molar-refractivity contribution is 6.30. The van der Waals surface area contributed by atoms with Gasteiger partial charge in [0.2, 0.25) is 0 Å². The maximum Gasteiger partial charge on any atom is 0.0973 e. The summed E-state index contributed by atoms with van der Waals surface area (Å²) in [6.07, 6.45) is 7.89. The van der Waals surface area contributed by atoms with Crippen LogP contribution in [0, 0.1) is 5.92 Å². The van der Waals surface area contributed by atoms with Gasteiger partial charge in [0.05, 0.1) is 26.2 Å². The first-order valence-corrected chi connectivity index (χ1v) is 7.86. The zero-order valence-electron chi connectivity index (χ0n) is 12.2. The third-order valence-corrected chi connectivity index (χ3v) is 4.75. The van der Waals surface area contributed by atoms with Crippen LogP contribution >= 0.6 is 11.6 Å². The van der Waals surface area contributed by atoms with Crippen LogP contribution in [0.3, 0.4) is 0 Å². The van der Waals surface area contributed by atoms with Crippen molar-refractivity contribution in [3.8, 4) is 0 Å². The molecule has 0 radical (unpaired) electrons. The molecule has 0 aliphatic carbocycles. The molecular formula is C18H25ClN+. The van der Waals surface area contributed by atoms with Crippen LogP contribution < -0.4 is 0 Å². The van der Waals surface area contributed by atoms with Crippen LogP contribution in [0.4, 0.5) is 0 Å². The van der Waals surface area contributed by atoms with E-state index in [1.807, 2.05) is 12.1 Å². The summed E-state index contributed by atoms with van der Waals surface area (Å²) in [5.41, 5.74) is 1.41. The lowest BCUT2D eigenvalue weighted by Crippen LogP contribution is -2.53. The third kappa shape index (κ3) is 3.97. The zero-order chi connectivity index (χ0) is 14.4. The van der Waals surface area contributed by atoms with Gasteiger partial charge in [0, 0.05) is 5.02 Å². The monoisotopic (exact) mass is 290 g/mol. The normalized spacial score (nSPS) is 18.6. The fourth-order valence-corrected chi connectivity index (χ4v) is 3.44. The molecule has 1 aliphatic heterocycles. The number of hydrogen-bond donors (Lipinski definition) is 0. The first-order valence-electron chi connectivity index (χ1n) is 7.49. The second kappa shape index (κ2) is 7.10. The molecule has 1 nitrogen and oxygen atoms in total. The fraction of sp³-hybridized carbons (Fsp3) is 0.444. The molecule has 0 unspecified atom stereocenters. The molecule has 20 heavy (non-hydrogen) atoms. The van der Waals surface area contributed by atoms with Crippen LogP contribution in [-0.2, 0) is 6.42 Å². The van der Waals surface area contributed by atoms with Crippen molar-refractivity contribution in [1.82, 2.24) is 0 Å². The highest BCUT2D eigenvalue weighted by Gasteiger charge is 2.31. The lowest BCUT2D eigenvalue weighted by molar-refractivity contribution is -0.923. The maximum absolute atomic E-state index is 5.94. The topological polar surface area (TPSA) is 0 Å². The number of piperidine rings is 1. The van der Waals surface area contributed by atoms with Crippen molar-refractivity contribution < 1.29 is 4.48 Å². The van der Waals surface area contributed by atoms with Crippen LogP contribution in [0.25, 0.3) is 0 Å². The molecule has 108 valence electrons. The molecule has 1 fully saturated rings. The molecule has 2 rings (SSSR count). The van der Waals surface area contributed by atoms with Crippen molar-refractivity contribution in [3.63, 3.8) is 0 Å². The zero-order valence-corrected chi connectivity index (χ0v) is 13.0. The lowest BCUT2D eigenvalue weighted by atomic mass is 9.89. The summed E-state index contributed by atoms with van der Waals surface area (Å²) >= 11 is 5.94. The summed E-state index contributed by atoms with van der Waals surface area (Å²) in [6, 6.07) is 8.31. The molecule has 0 spiro atoms. The van der Waals surface area contributed by atoms with Crippen molar-refractivity contribution in [3.05, 3.63) is 60.2 Å². The third-order valence-electron chi connectivity index (χ3n) is 4.49. The number of benzene rings is 1. The fourth-order valence-electron chi connectivity index (χ4n) is 3.31. The molecule has 0 amide bonds. The number of likely N-dealkylation sites (tertiary alicyclic amines) is 1. The molecule has 1 heterocycles. The van der Waals surface area contributed by atoms with E-state index in [0.29, 0.717) is 0 Å². The van der Waals surface area contributed by atoms with E-state index >= 15 is 0 Å². The minimum atomic E-state index is 0.803. The molecule has 0 saturated carbocycles. The summed E-state index contributed by atoms with van der Waals surface area (Å²) in [4.78, 5) is 0. The first kappa shape index (κ1) is 15.3. The minimum Gasteiger partial charge on any atom is -0.317 e. The van der Waals surface area contributed by atoms with Crippen LogP contribution in [0.15, 0.2) is 49.6 Å². The van der Waals surface area contributed by atoms with Crippen molar-refractivity contribution in [2.24, 2.45) is 5.92 Å². The summed E-state index contributed by atoms with van der Waals surface area (Å²) < 4.78 is 1.14. The predicted octanol–water partition coefficient (Wildman–Crippen LogP) is 4.48. The van der Waals surface area contributed by atoms with Gasteiger partial charge in [0.1, 0.15) is 0 Å². The predicted molar refractivity (Wildman–Crippen MR) is 88.0 cm³/mol. The van der Waals surface area contributed by atoms with Crippen molar-refractivity contribution in [1.29, 1.82) is 0 Å². The van der Waals surface area contributed by atoms with Gasteiger partial charge >= 0.3 is 0 Å². The Morgan fingerprint density at radius 3 is 2.10 bits per heavy atom. The van der Waals surface area contributed by atoms with E-state index in [1.54, 1.807) is 0 Å². The van der Waals surface area contributed by atoms with Gasteiger partial charge in [-0.15, -0.1) is 0 Å². The number of quaternary nitrogens is 1. The van der Waals surface area contributed by atoms with Crippen LogP contribution in [-0.4, -0.2) is 30.7 Å². The number of hydrogen-bond acceptors (Lipinski definition) is 0. The van der Waals surface area contributed by atoms with Gasteiger partial charge < -0.3 is 4.48 Å². The van der Waals surface area contributed by atoms with E-state index in [4.69, 9.17) is 11.6 Å². The van der Waals surface area contributed by atoms with Gasteiger partial charge in [0.25, 0.3) is 0 Å². The molecule has 1 aromatic rings. The average Bonchev–Trinajstić information content (AvgIpc) is 2.45. The summed E-state index contributed by atoms with van der Waals surface area (Å²) in [5.74, 6) is 0.803. The van der Waals surface area contributed by atoms with E-state index in [2.05, 4.69) is 37.4 Å². The molecule has 0 N–H and O–H groups in total. The molecule has 0 bridgehead atoms. The molecular weight excluding hydrogens is 266 g/mol.